The van der Waals surface area contributed by atoms with Gasteiger partial charge in [0.1, 0.15) is 0 Å². The van der Waals surface area contributed by atoms with Crippen LogP contribution in [0.15, 0.2) is 57.5 Å². The Morgan fingerprint density at radius 1 is 1.26 bits per heavy atom. The number of rotatable bonds is 5. The fourth-order valence-electron chi connectivity index (χ4n) is 2.91. The molecule has 138 valence electrons. The number of hydrogen-bond acceptors (Lipinski definition) is 5. The van der Waals surface area contributed by atoms with Crippen LogP contribution in [0, 0.1) is 0 Å². The van der Waals surface area contributed by atoms with E-state index in [9.17, 15) is 14.4 Å². The van der Waals surface area contributed by atoms with Crippen LogP contribution < -0.4 is 16.6 Å². The van der Waals surface area contributed by atoms with Crippen LogP contribution in [0.25, 0.3) is 11.3 Å². The average Bonchev–Trinajstić information content (AvgIpc) is 3.23. The first kappa shape index (κ1) is 17.3. The summed E-state index contributed by atoms with van der Waals surface area (Å²) in [7, 11) is 0. The third-order valence-corrected chi connectivity index (χ3v) is 5.23. The van der Waals surface area contributed by atoms with Crippen molar-refractivity contribution in [2.24, 2.45) is 0 Å². The van der Waals surface area contributed by atoms with Crippen molar-refractivity contribution in [3.8, 4) is 11.3 Å². The highest BCUT2D eigenvalue weighted by Gasteiger charge is 2.17. The fraction of sp³-hybridized carbons (Fsp3) is 0.222. The maximum atomic E-state index is 12.4. The van der Waals surface area contributed by atoms with Crippen LogP contribution in [-0.2, 0) is 17.9 Å². The molecule has 0 aliphatic carbocycles. The molecule has 0 saturated carbocycles. The minimum absolute atomic E-state index is 0.107. The summed E-state index contributed by atoms with van der Waals surface area (Å²) in [6, 6.07) is 8.76. The van der Waals surface area contributed by atoms with Gasteiger partial charge in [-0.3, -0.25) is 14.6 Å². The largest absolute Gasteiger partial charge is 0.328 e. The zero-order chi connectivity index (χ0) is 18.8. The molecule has 0 unspecified atom stereocenters. The highest BCUT2D eigenvalue weighted by Crippen LogP contribution is 2.32. The number of fused-ring (bicyclic) bond motifs is 1. The number of nitrogens with one attached hydrogen (secondary N) is 2. The van der Waals surface area contributed by atoms with E-state index < -0.39 is 11.2 Å². The van der Waals surface area contributed by atoms with Gasteiger partial charge in [0.2, 0.25) is 5.91 Å². The Kier molecular flexibility index (Phi) is 4.68. The van der Waals surface area contributed by atoms with Gasteiger partial charge in [0.05, 0.1) is 11.4 Å². The summed E-state index contributed by atoms with van der Waals surface area (Å²) in [6.45, 7) is 1.12. The van der Waals surface area contributed by atoms with Gasteiger partial charge in [-0.05, 0) is 6.07 Å². The van der Waals surface area contributed by atoms with Gasteiger partial charge in [-0.2, -0.15) is 0 Å². The predicted octanol–water partition coefficient (Wildman–Crippen LogP) is 1.53. The predicted molar refractivity (Wildman–Crippen MR) is 103 cm³/mol. The Labute approximate surface area is 158 Å². The Hall–Kier alpha value is -3.07. The van der Waals surface area contributed by atoms with E-state index in [-0.39, 0.29) is 18.9 Å². The maximum Gasteiger partial charge on any atom is 0.328 e. The minimum atomic E-state index is -0.527. The van der Waals surface area contributed by atoms with E-state index in [1.807, 2.05) is 30.5 Å². The maximum absolute atomic E-state index is 12.4. The van der Waals surface area contributed by atoms with Gasteiger partial charge in [0, 0.05) is 49.3 Å². The third-order valence-electron chi connectivity index (χ3n) is 4.26. The lowest BCUT2D eigenvalue weighted by molar-refractivity contribution is -0.116. The molecule has 8 nitrogen and oxygen atoms in total. The van der Waals surface area contributed by atoms with E-state index in [2.05, 4.69) is 19.9 Å². The van der Waals surface area contributed by atoms with Gasteiger partial charge in [-0.15, -0.1) is 0 Å². The summed E-state index contributed by atoms with van der Waals surface area (Å²) in [6.07, 6.45) is 3.49. The van der Waals surface area contributed by atoms with Gasteiger partial charge in [0.25, 0.3) is 5.56 Å². The molecule has 3 aromatic rings. The van der Waals surface area contributed by atoms with Gasteiger partial charge >= 0.3 is 5.69 Å². The molecule has 0 fully saturated rings. The number of para-hydroxylation sites is 1. The Bertz CT molecular complexity index is 1090. The molecule has 0 atom stereocenters. The van der Waals surface area contributed by atoms with Gasteiger partial charge in [-0.25, -0.2) is 9.78 Å². The molecule has 1 amide bonds. The van der Waals surface area contributed by atoms with Crippen molar-refractivity contribution in [2.75, 3.05) is 11.1 Å². The summed E-state index contributed by atoms with van der Waals surface area (Å²) >= 11 is 1.72. The van der Waals surface area contributed by atoms with E-state index in [4.69, 9.17) is 0 Å². The number of hydrogen-bond donors (Lipinski definition) is 2. The molecule has 1 aliphatic heterocycles. The van der Waals surface area contributed by atoms with Crippen LogP contribution in [0.3, 0.4) is 0 Å². The molecule has 0 spiro atoms. The molecule has 2 N–H and O–H groups in total. The van der Waals surface area contributed by atoms with Crippen LogP contribution in [0.5, 0.6) is 0 Å². The van der Waals surface area contributed by atoms with E-state index in [1.54, 1.807) is 11.8 Å². The van der Waals surface area contributed by atoms with Crippen molar-refractivity contribution in [3.05, 3.63) is 63.6 Å². The number of imidazole rings is 1. The van der Waals surface area contributed by atoms with Crippen molar-refractivity contribution in [2.45, 2.75) is 24.7 Å². The molecule has 1 aromatic carbocycles. The molecule has 3 heterocycles. The molecule has 2 aromatic heterocycles. The quantitative estimate of drug-likeness (QED) is 0.696. The zero-order valence-corrected chi connectivity index (χ0v) is 15.2. The second-order valence-electron chi connectivity index (χ2n) is 6.10. The number of thioether (sulfide) groups is 1. The first-order chi connectivity index (χ1) is 13.1. The summed E-state index contributed by atoms with van der Waals surface area (Å²) in [5, 5.41) is 3.88. The highest BCUT2D eigenvalue weighted by atomic mass is 32.2. The molecule has 0 bridgehead atoms. The molecule has 4 rings (SSSR count). The second-order valence-corrected chi connectivity index (χ2v) is 7.16. The lowest BCUT2D eigenvalue weighted by atomic mass is 10.1. The zero-order valence-electron chi connectivity index (χ0n) is 14.3. The van der Waals surface area contributed by atoms with Crippen LogP contribution >= 0.6 is 11.8 Å². The normalized spacial score (nSPS) is 12.7. The van der Waals surface area contributed by atoms with Crippen molar-refractivity contribution in [1.29, 1.82) is 0 Å². The monoisotopic (exact) mass is 383 g/mol. The number of H-pyrrole nitrogens is 1. The van der Waals surface area contributed by atoms with E-state index in [0.29, 0.717) is 5.69 Å². The Morgan fingerprint density at radius 3 is 2.93 bits per heavy atom. The molecule has 0 radical (unpaired) electrons. The number of benzene rings is 1. The van der Waals surface area contributed by atoms with Gasteiger partial charge in [-0.1, -0.05) is 30.0 Å². The fourth-order valence-corrected chi connectivity index (χ4v) is 3.85. The number of amides is 1. The first-order valence-corrected chi connectivity index (χ1v) is 9.48. The van der Waals surface area contributed by atoms with Crippen LogP contribution in [-0.4, -0.2) is 30.8 Å². The third kappa shape index (κ3) is 3.72. The Morgan fingerprint density at radius 2 is 2.11 bits per heavy atom. The molecule has 0 saturated heterocycles. The summed E-state index contributed by atoms with van der Waals surface area (Å²) in [5.41, 5.74) is 1.37. The molecule has 27 heavy (non-hydrogen) atoms. The van der Waals surface area contributed by atoms with Gasteiger partial charge in [0.15, 0.2) is 5.16 Å². The second kappa shape index (κ2) is 7.28. The van der Waals surface area contributed by atoms with E-state index in [0.717, 1.165) is 28.7 Å². The number of anilines is 1. The summed E-state index contributed by atoms with van der Waals surface area (Å²) < 4.78 is 3.41. The van der Waals surface area contributed by atoms with Crippen molar-refractivity contribution in [3.63, 3.8) is 0 Å². The molecule has 9 heteroatoms. The highest BCUT2D eigenvalue weighted by molar-refractivity contribution is 7.99. The number of aryl methyl sites for hydroxylation is 2. The smallest absolute Gasteiger partial charge is 0.325 e. The summed E-state index contributed by atoms with van der Waals surface area (Å²) in [4.78, 5) is 41.9. The lowest BCUT2D eigenvalue weighted by Gasteiger charge is -2.10. The SMILES string of the molecule is O=C(CCn1ccc(=O)[nH]c1=O)Nc1ccccc1-c1cn2c(n1)SCC2. The minimum Gasteiger partial charge on any atom is -0.325 e. The number of aromatic nitrogens is 4. The lowest BCUT2D eigenvalue weighted by Crippen LogP contribution is -2.29. The van der Waals surface area contributed by atoms with Gasteiger partial charge < -0.3 is 14.5 Å². The Balaban J connectivity index is 1.48. The number of nitrogens with zero attached hydrogens (tertiary/aromatic N) is 3. The molecule has 1 aliphatic rings. The van der Waals surface area contributed by atoms with Crippen LogP contribution in [0.4, 0.5) is 5.69 Å². The average molecular weight is 383 g/mol. The van der Waals surface area contributed by atoms with E-state index in [1.165, 1.54) is 16.8 Å². The van der Waals surface area contributed by atoms with Crippen molar-refractivity contribution >= 4 is 23.4 Å². The number of aromatic amines is 1. The van der Waals surface area contributed by atoms with Crippen molar-refractivity contribution in [1.82, 2.24) is 19.1 Å². The summed E-state index contributed by atoms with van der Waals surface area (Å²) in [5.74, 6) is 0.812. The standard InChI is InChI=1S/C18H17N5O3S/c24-15(5-7-22-8-6-16(25)21-17(22)26)19-13-4-2-1-3-12(13)14-11-23-9-10-27-18(23)20-14/h1-4,6,8,11H,5,7,9-10H2,(H,19,24)(H,21,25,26). The van der Waals surface area contributed by atoms with Crippen molar-refractivity contribution < 1.29 is 4.79 Å². The molecular weight excluding hydrogens is 366 g/mol. The topological polar surface area (TPSA) is 102 Å². The number of carbonyl (C=O) groups is 1. The number of carbonyl (C=O) groups excluding carboxylic acids is 1. The van der Waals surface area contributed by atoms with Crippen LogP contribution in [0.1, 0.15) is 6.42 Å². The van der Waals surface area contributed by atoms with Crippen LogP contribution in [0.2, 0.25) is 0 Å². The molecular formula is C18H17N5O3S. The first-order valence-electron chi connectivity index (χ1n) is 8.49. The van der Waals surface area contributed by atoms with E-state index >= 15 is 0 Å².